The van der Waals surface area contributed by atoms with Crippen LogP contribution in [0.4, 0.5) is 18.9 Å². The van der Waals surface area contributed by atoms with E-state index in [2.05, 4.69) is 15.6 Å². The zero-order chi connectivity index (χ0) is 35.4. The number of alkyl halides is 3. The van der Waals surface area contributed by atoms with Crippen LogP contribution in [0, 0.1) is 0 Å². The summed E-state index contributed by atoms with van der Waals surface area (Å²) in [4.78, 5) is 46.7. The third kappa shape index (κ3) is 7.26. The van der Waals surface area contributed by atoms with E-state index in [-0.39, 0.29) is 17.2 Å². The number of halogens is 3. The molecule has 0 fully saturated rings. The van der Waals surface area contributed by atoms with Crippen LogP contribution in [-0.2, 0) is 24.6 Å². The number of benzene rings is 4. The van der Waals surface area contributed by atoms with E-state index in [1.54, 1.807) is 72.1 Å². The number of fused-ring (bicyclic) bond motifs is 1. The van der Waals surface area contributed by atoms with Gasteiger partial charge in [-0.05, 0) is 59.7 Å². The Morgan fingerprint density at radius 3 is 2.18 bits per heavy atom. The molecule has 6 aromatic rings. The Bertz CT molecular complexity index is 2170. The van der Waals surface area contributed by atoms with Gasteiger partial charge in [0.15, 0.2) is 0 Å². The van der Waals surface area contributed by atoms with Crippen LogP contribution in [0.5, 0.6) is 0 Å². The van der Waals surface area contributed by atoms with Crippen LogP contribution in [0.3, 0.4) is 0 Å². The fourth-order valence-electron chi connectivity index (χ4n) is 5.77. The first-order valence-electron chi connectivity index (χ1n) is 15.7. The summed E-state index contributed by atoms with van der Waals surface area (Å²) in [6.07, 6.45) is -3.02. The number of rotatable bonds is 9. The van der Waals surface area contributed by atoms with Crippen LogP contribution in [0.25, 0.3) is 22.2 Å². The summed E-state index contributed by atoms with van der Waals surface area (Å²) in [5.74, 6) is -1.24. The number of anilines is 1. The predicted octanol–water partition coefficient (Wildman–Crippen LogP) is 7.64. The van der Waals surface area contributed by atoms with Gasteiger partial charge in [-0.25, -0.2) is 0 Å². The molecule has 11 heteroatoms. The van der Waals surface area contributed by atoms with Crippen LogP contribution in [0.15, 0.2) is 128 Å². The molecule has 0 saturated carbocycles. The van der Waals surface area contributed by atoms with Crippen molar-refractivity contribution in [3.05, 3.63) is 155 Å². The minimum absolute atomic E-state index is 0.175. The maximum absolute atomic E-state index is 13.8. The molecule has 1 atom stereocenters. The lowest BCUT2D eigenvalue weighted by Gasteiger charge is -2.25. The van der Waals surface area contributed by atoms with Crippen molar-refractivity contribution < 1.29 is 27.6 Å². The second kappa shape index (κ2) is 14.1. The number of hydrogen-bond acceptors (Lipinski definition) is 4. The molecule has 8 nitrogen and oxygen atoms in total. The van der Waals surface area contributed by atoms with Gasteiger partial charge in [-0.2, -0.15) is 13.2 Å². The number of nitrogens with zero attached hydrogens (tertiary/aromatic N) is 3. The number of carbonyl (C=O) groups excluding carboxylic acids is 3. The van der Waals surface area contributed by atoms with E-state index in [4.69, 9.17) is 0 Å². The SMILES string of the molecule is CN(Cc1ccccc1)C(=O)C(NC(=O)c1cc2cc(NC(=O)c3cccnc3-c3ccc(C(F)(F)F)cc3)ccc2n1C)c1ccccc1. The minimum atomic E-state index is -4.49. The molecule has 0 bridgehead atoms. The van der Waals surface area contributed by atoms with E-state index in [0.717, 1.165) is 17.7 Å². The molecule has 2 aromatic heterocycles. The standard InChI is InChI=1S/C39H32F3N5O3/c1-46(24-25-10-5-3-6-11-25)38(50)35(26-12-7-4-8-13-26)45-37(49)33-23-28-22-30(19-20-32(28)47(33)2)44-36(48)31-14-9-21-43-34(31)27-15-17-29(18-16-27)39(40,41)42/h3-23,35H,24H2,1-2H3,(H,44,48)(H,45,49). The average molecular weight is 676 g/mol. The number of hydrogen-bond donors (Lipinski definition) is 2. The Labute approximate surface area is 286 Å². The molecule has 2 N–H and O–H groups in total. The molecule has 0 saturated heterocycles. The van der Waals surface area contributed by atoms with E-state index in [9.17, 15) is 27.6 Å². The highest BCUT2D eigenvalue weighted by Crippen LogP contribution is 2.32. The Kier molecular flexibility index (Phi) is 9.49. The number of carbonyl (C=O) groups is 3. The molecule has 0 aliphatic carbocycles. The Hall–Kier alpha value is -6.23. The molecule has 0 aliphatic rings. The van der Waals surface area contributed by atoms with Gasteiger partial charge in [0.2, 0.25) is 5.91 Å². The number of likely N-dealkylation sites (N-methyl/N-ethyl adjacent to an activating group) is 1. The molecule has 2 heterocycles. The Morgan fingerprint density at radius 1 is 0.820 bits per heavy atom. The maximum Gasteiger partial charge on any atom is 0.416 e. The van der Waals surface area contributed by atoms with Crippen molar-refractivity contribution in [3.8, 4) is 11.3 Å². The van der Waals surface area contributed by atoms with Gasteiger partial charge in [0, 0.05) is 49.0 Å². The van der Waals surface area contributed by atoms with Crippen molar-refractivity contribution in [2.24, 2.45) is 7.05 Å². The van der Waals surface area contributed by atoms with E-state index in [0.29, 0.717) is 40.0 Å². The van der Waals surface area contributed by atoms with Gasteiger partial charge < -0.3 is 20.1 Å². The zero-order valence-electron chi connectivity index (χ0n) is 27.1. The third-order valence-corrected chi connectivity index (χ3v) is 8.37. The van der Waals surface area contributed by atoms with Crippen LogP contribution < -0.4 is 10.6 Å². The molecule has 0 spiro atoms. The highest BCUT2D eigenvalue weighted by molar-refractivity contribution is 6.09. The second-order valence-electron chi connectivity index (χ2n) is 11.8. The molecular formula is C39H32F3N5O3. The van der Waals surface area contributed by atoms with Gasteiger partial charge in [0.1, 0.15) is 11.7 Å². The monoisotopic (exact) mass is 675 g/mol. The van der Waals surface area contributed by atoms with E-state index in [1.807, 2.05) is 48.5 Å². The lowest BCUT2D eigenvalue weighted by Crippen LogP contribution is -2.41. The molecule has 1 unspecified atom stereocenters. The summed E-state index contributed by atoms with van der Waals surface area (Å²) in [6, 6.07) is 32.1. The fraction of sp³-hybridized carbons (Fsp3) is 0.128. The maximum atomic E-state index is 13.8. The highest BCUT2D eigenvalue weighted by Gasteiger charge is 2.30. The van der Waals surface area contributed by atoms with E-state index < -0.39 is 29.6 Å². The van der Waals surface area contributed by atoms with Crippen molar-refractivity contribution in [2.45, 2.75) is 18.8 Å². The van der Waals surface area contributed by atoms with Crippen LogP contribution in [0.2, 0.25) is 0 Å². The summed E-state index contributed by atoms with van der Waals surface area (Å²) in [7, 11) is 3.43. The number of aromatic nitrogens is 2. The lowest BCUT2D eigenvalue weighted by atomic mass is 10.0. The smallest absolute Gasteiger partial charge is 0.340 e. The molecule has 3 amide bonds. The van der Waals surface area contributed by atoms with Gasteiger partial charge in [0.25, 0.3) is 11.8 Å². The van der Waals surface area contributed by atoms with Crippen LogP contribution in [0.1, 0.15) is 43.6 Å². The summed E-state index contributed by atoms with van der Waals surface area (Å²) in [5, 5.41) is 6.43. The molecule has 0 radical (unpaired) electrons. The topological polar surface area (TPSA) is 96.3 Å². The molecule has 252 valence electrons. The fourth-order valence-corrected chi connectivity index (χ4v) is 5.77. The largest absolute Gasteiger partial charge is 0.416 e. The number of pyridine rings is 1. The first-order valence-corrected chi connectivity index (χ1v) is 15.7. The summed E-state index contributed by atoms with van der Waals surface area (Å²) >= 11 is 0. The number of amides is 3. The van der Waals surface area contributed by atoms with Gasteiger partial charge in [-0.15, -0.1) is 0 Å². The van der Waals surface area contributed by atoms with Crippen molar-refractivity contribution in [2.75, 3.05) is 12.4 Å². The van der Waals surface area contributed by atoms with Crippen LogP contribution >= 0.6 is 0 Å². The Balaban J connectivity index is 1.22. The highest BCUT2D eigenvalue weighted by atomic mass is 19.4. The summed E-state index contributed by atoms with van der Waals surface area (Å²) < 4.78 is 41.0. The quantitative estimate of drug-likeness (QED) is 0.165. The Morgan fingerprint density at radius 2 is 1.50 bits per heavy atom. The van der Waals surface area contributed by atoms with Crippen molar-refractivity contribution in [1.82, 2.24) is 19.8 Å². The van der Waals surface area contributed by atoms with Gasteiger partial charge in [-0.1, -0.05) is 72.8 Å². The molecule has 4 aromatic carbocycles. The normalized spacial score (nSPS) is 11.9. The van der Waals surface area contributed by atoms with Gasteiger partial charge in [-0.3, -0.25) is 19.4 Å². The van der Waals surface area contributed by atoms with E-state index in [1.165, 1.54) is 18.3 Å². The van der Waals surface area contributed by atoms with Gasteiger partial charge >= 0.3 is 6.18 Å². The molecular weight excluding hydrogens is 643 g/mol. The summed E-state index contributed by atoms with van der Waals surface area (Å²) in [6.45, 7) is 0.367. The van der Waals surface area contributed by atoms with Crippen molar-refractivity contribution >= 4 is 34.3 Å². The molecule has 6 rings (SSSR count). The molecule has 50 heavy (non-hydrogen) atoms. The van der Waals surface area contributed by atoms with E-state index >= 15 is 0 Å². The average Bonchev–Trinajstić information content (AvgIpc) is 3.46. The van der Waals surface area contributed by atoms with Crippen LogP contribution in [-0.4, -0.2) is 39.2 Å². The van der Waals surface area contributed by atoms with Gasteiger partial charge in [0.05, 0.1) is 16.8 Å². The molecule has 0 aliphatic heterocycles. The van der Waals surface area contributed by atoms with Crippen molar-refractivity contribution in [3.63, 3.8) is 0 Å². The summed E-state index contributed by atoms with van der Waals surface area (Å²) in [5.41, 5.74) is 3.01. The third-order valence-electron chi connectivity index (χ3n) is 8.37. The zero-order valence-corrected chi connectivity index (χ0v) is 27.1. The number of nitrogens with one attached hydrogen (secondary N) is 2. The lowest BCUT2D eigenvalue weighted by molar-refractivity contribution is -0.137. The van der Waals surface area contributed by atoms with Crippen molar-refractivity contribution in [1.29, 1.82) is 0 Å². The first-order chi connectivity index (χ1) is 24.0. The predicted molar refractivity (Wildman–Crippen MR) is 185 cm³/mol. The number of aryl methyl sites for hydroxylation is 1. The minimum Gasteiger partial charge on any atom is -0.340 e. The second-order valence-corrected chi connectivity index (χ2v) is 11.8. The first kappa shape index (κ1) is 33.7.